The van der Waals surface area contributed by atoms with Crippen molar-refractivity contribution in [2.45, 2.75) is 50.3 Å². The smallest absolute Gasteiger partial charge is 0.189 e. The Bertz CT molecular complexity index is 1040. The van der Waals surface area contributed by atoms with Crippen LogP contribution in [0.5, 0.6) is 0 Å². The van der Waals surface area contributed by atoms with Gasteiger partial charge in [0, 0.05) is 26.0 Å². The van der Waals surface area contributed by atoms with Crippen LogP contribution in [0.1, 0.15) is 45.2 Å². The Kier molecular flexibility index (Phi) is 5.08. The van der Waals surface area contributed by atoms with E-state index < -0.39 is 31.5 Å². The van der Waals surface area contributed by atoms with Gasteiger partial charge in [-0.2, -0.15) is 0 Å². The average molecular weight is 440 g/mol. The molecule has 0 aromatic carbocycles. The van der Waals surface area contributed by atoms with Crippen LogP contribution in [0.25, 0.3) is 0 Å². The normalized spacial score (nSPS) is 28.8. The maximum atomic E-state index is 13.8. The molecule has 11 heteroatoms. The van der Waals surface area contributed by atoms with Gasteiger partial charge < -0.3 is 9.64 Å². The number of tetrazole rings is 1. The van der Waals surface area contributed by atoms with Crippen LogP contribution < -0.4 is 0 Å². The summed E-state index contributed by atoms with van der Waals surface area (Å²) in [6, 6.07) is 0. The number of rotatable bonds is 5. The molecule has 3 atom stereocenters. The largest absolute Gasteiger partial charge is 0.367 e. The standard InChI is InChI=1S/C18H25N5O4S2/c1-8-9-18(27-7)15(28)23-11(13(24)17(3,4)5)10(2)12(29(25,26)16(18)23)14-19-20-21-22(14)6/h8,12,16H,1,9H2,2-7H3/t12?,16-,18-/m1/s1. The first-order valence-electron chi connectivity index (χ1n) is 9.06. The molecule has 1 fully saturated rings. The number of sulfone groups is 1. The first kappa shape index (κ1) is 21.7. The molecular weight excluding hydrogens is 414 g/mol. The Balaban J connectivity index is 2.35. The van der Waals surface area contributed by atoms with Gasteiger partial charge in [-0.1, -0.05) is 39.1 Å². The molecule has 2 aliphatic heterocycles. The van der Waals surface area contributed by atoms with E-state index >= 15 is 0 Å². The monoisotopic (exact) mass is 439 g/mol. The maximum absolute atomic E-state index is 13.8. The molecule has 1 saturated heterocycles. The minimum absolute atomic E-state index is 0.141. The molecule has 1 unspecified atom stereocenters. The van der Waals surface area contributed by atoms with Crippen molar-refractivity contribution < 1.29 is 17.9 Å². The second-order valence-electron chi connectivity index (χ2n) is 8.35. The zero-order chi connectivity index (χ0) is 21.9. The number of methoxy groups -OCH3 is 1. The van der Waals surface area contributed by atoms with Gasteiger partial charge in [0.1, 0.15) is 10.2 Å². The van der Waals surface area contributed by atoms with Crippen molar-refractivity contribution in [1.82, 2.24) is 25.1 Å². The molecule has 0 radical (unpaired) electrons. The lowest BCUT2D eigenvalue weighted by molar-refractivity contribution is -0.125. The van der Waals surface area contributed by atoms with E-state index in [2.05, 4.69) is 22.1 Å². The molecule has 29 heavy (non-hydrogen) atoms. The van der Waals surface area contributed by atoms with Gasteiger partial charge in [0.2, 0.25) is 0 Å². The molecule has 9 nitrogen and oxygen atoms in total. The van der Waals surface area contributed by atoms with Gasteiger partial charge >= 0.3 is 0 Å². The highest BCUT2D eigenvalue weighted by atomic mass is 32.2. The summed E-state index contributed by atoms with van der Waals surface area (Å²) < 4.78 is 34.5. The van der Waals surface area contributed by atoms with Crippen LogP contribution in [0, 0.1) is 5.41 Å². The first-order valence-corrected chi connectivity index (χ1v) is 11.1. The molecule has 1 aromatic heterocycles. The van der Waals surface area contributed by atoms with Crippen molar-refractivity contribution in [3.63, 3.8) is 0 Å². The number of carbonyl (C=O) groups is 1. The highest BCUT2D eigenvalue weighted by Gasteiger charge is 2.69. The number of aryl methyl sites for hydroxylation is 1. The van der Waals surface area contributed by atoms with Crippen LogP contribution in [0.4, 0.5) is 0 Å². The van der Waals surface area contributed by atoms with Crippen LogP contribution in [0.2, 0.25) is 0 Å². The van der Waals surface area contributed by atoms with Gasteiger partial charge in [-0.05, 0) is 22.9 Å². The second kappa shape index (κ2) is 6.78. The molecule has 2 aliphatic rings. The Morgan fingerprint density at radius 2 is 2.03 bits per heavy atom. The number of allylic oxidation sites excluding steroid dienone is 1. The number of ether oxygens (including phenoxy) is 1. The van der Waals surface area contributed by atoms with E-state index in [0.29, 0.717) is 5.57 Å². The number of ketones is 1. The van der Waals surface area contributed by atoms with Gasteiger partial charge in [0.25, 0.3) is 0 Å². The quantitative estimate of drug-likeness (QED) is 0.498. The maximum Gasteiger partial charge on any atom is 0.189 e. The topological polar surface area (TPSA) is 107 Å². The Labute approximate surface area is 175 Å². The summed E-state index contributed by atoms with van der Waals surface area (Å²) in [4.78, 5) is 15.1. The van der Waals surface area contributed by atoms with Crippen molar-refractivity contribution in [3.05, 3.63) is 29.7 Å². The summed E-state index contributed by atoms with van der Waals surface area (Å²) in [7, 11) is -0.975. The van der Waals surface area contributed by atoms with Gasteiger partial charge in [0.15, 0.2) is 32.4 Å². The third kappa shape index (κ3) is 2.82. The molecule has 158 valence electrons. The van der Waals surface area contributed by atoms with Crippen molar-refractivity contribution in [1.29, 1.82) is 0 Å². The molecule has 3 rings (SSSR count). The number of hydrogen-bond donors (Lipinski definition) is 0. The Morgan fingerprint density at radius 1 is 1.41 bits per heavy atom. The van der Waals surface area contributed by atoms with E-state index in [1.807, 2.05) is 0 Å². The van der Waals surface area contributed by atoms with Crippen molar-refractivity contribution in [2.24, 2.45) is 12.5 Å². The SMILES string of the molecule is C=CC[C@@]1(OC)C(=S)N2C(C(=O)C(C)(C)C)=C(C)C(c3nnnn3C)S(=O)(=O)[C@@H]21. The predicted molar refractivity (Wildman–Crippen MR) is 110 cm³/mol. The molecule has 0 amide bonds. The van der Waals surface area contributed by atoms with Gasteiger partial charge in [-0.3, -0.25) is 4.79 Å². The van der Waals surface area contributed by atoms with Gasteiger partial charge in [-0.25, -0.2) is 13.1 Å². The summed E-state index contributed by atoms with van der Waals surface area (Å²) in [6.07, 6.45) is 1.76. The third-order valence-corrected chi connectivity index (χ3v) is 8.43. The van der Waals surface area contributed by atoms with Gasteiger partial charge in [-0.15, -0.1) is 11.7 Å². The first-order chi connectivity index (χ1) is 13.4. The van der Waals surface area contributed by atoms with Crippen LogP contribution in [0.3, 0.4) is 0 Å². The summed E-state index contributed by atoms with van der Waals surface area (Å²) in [5.41, 5.74) is -1.40. The fourth-order valence-electron chi connectivity index (χ4n) is 4.00. The number of nitrogens with zero attached hydrogens (tertiary/aromatic N) is 5. The number of thiocarbonyl (C=S) groups is 1. The lowest BCUT2D eigenvalue weighted by Gasteiger charge is -2.59. The van der Waals surface area contributed by atoms with E-state index in [1.165, 1.54) is 16.7 Å². The molecule has 0 N–H and O–H groups in total. The number of aromatic nitrogens is 4. The lowest BCUT2D eigenvalue weighted by atomic mass is 9.81. The third-order valence-electron chi connectivity index (χ3n) is 5.46. The van der Waals surface area contributed by atoms with E-state index in [4.69, 9.17) is 17.0 Å². The van der Waals surface area contributed by atoms with Crippen molar-refractivity contribution in [2.75, 3.05) is 7.11 Å². The minimum atomic E-state index is -3.95. The fraction of sp³-hybridized carbons (Fsp3) is 0.611. The van der Waals surface area contributed by atoms with E-state index in [0.717, 1.165) is 0 Å². The molecule has 3 heterocycles. The predicted octanol–water partition coefficient (Wildman–Crippen LogP) is 1.50. The van der Waals surface area contributed by atoms with Crippen LogP contribution in [-0.2, 0) is 26.4 Å². The second-order valence-corrected chi connectivity index (χ2v) is 10.8. The lowest BCUT2D eigenvalue weighted by Crippen LogP contribution is -2.78. The highest BCUT2D eigenvalue weighted by Crippen LogP contribution is 2.53. The molecule has 0 bridgehead atoms. The van der Waals surface area contributed by atoms with Crippen molar-refractivity contribution >= 4 is 32.8 Å². The molecule has 0 saturated carbocycles. The number of carbonyl (C=O) groups excluding carboxylic acids is 1. The van der Waals surface area contributed by atoms with Crippen LogP contribution >= 0.6 is 12.2 Å². The number of hydrogen-bond acceptors (Lipinski definition) is 8. The van der Waals surface area contributed by atoms with Gasteiger partial charge in [0.05, 0.1) is 5.70 Å². The van der Waals surface area contributed by atoms with E-state index in [1.54, 1.807) is 40.8 Å². The molecule has 0 spiro atoms. The minimum Gasteiger partial charge on any atom is -0.367 e. The fourth-order valence-corrected chi connectivity index (χ4v) is 7.31. The highest BCUT2D eigenvalue weighted by molar-refractivity contribution is 7.93. The summed E-state index contributed by atoms with van der Waals surface area (Å²) >= 11 is 5.58. The molecular formula is C18H25N5O4S2. The zero-order valence-corrected chi connectivity index (χ0v) is 19.0. The molecule has 0 aliphatic carbocycles. The summed E-state index contributed by atoms with van der Waals surface area (Å²) in [6.45, 7) is 10.7. The Hall–Kier alpha value is -1.98. The number of fused-ring (bicyclic) bond motifs is 1. The van der Waals surface area contributed by atoms with E-state index in [9.17, 15) is 13.2 Å². The Morgan fingerprint density at radius 3 is 2.48 bits per heavy atom. The number of Topliss-reactive ketones (excluding diaryl/α,β-unsaturated/α-hetero) is 1. The van der Waals surface area contributed by atoms with E-state index in [-0.39, 0.29) is 28.7 Å². The molecule has 1 aromatic rings. The van der Waals surface area contributed by atoms with Crippen LogP contribution in [0.15, 0.2) is 23.9 Å². The van der Waals surface area contributed by atoms with Crippen molar-refractivity contribution in [3.8, 4) is 0 Å². The zero-order valence-electron chi connectivity index (χ0n) is 17.3. The average Bonchev–Trinajstić information content (AvgIpc) is 3.03. The summed E-state index contributed by atoms with van der Waals surface area (Å²) in [5.74, 6) is -0.0662. The summed E-state index contributed by atoms with van der Waals surface area (Å²) in [5, 5.41) is 8.94. The van der Waals surface area contributed by atoms with Crippen LogP contribution in [-0.4, -0.2) is 62.4 Å².